The lowest BCUT2D eigenvalue weighted by atomic mass is 10.0. The quantitative estimate of drug-likeness (QED) is 0.917. The van der Waals surface area contributed by atoms with Gasteiger partial charge in [-0.3, -0.25) is 9.69 Å². The Morgan fingerprint density at radius 2 is 2.21 bits per heavy atom. The molecule has 0 fully saturated rings. The van der Waals surface area contributed by atoms with Crippen LogP contribution in [0.15, 0.2) is 29.1 Å². The fourth-order valence-electron chi connectivity index (χ4n) is 3.07. The van der Waals surface area contributed by atoms with Gasteiger partial charge < -0.3 is 9.72 Å². The van der Waals surface area contributed by atoms with Crippen molar-refractivity contribution in [1.82, 2.24) is 14.9 Å². The molecule has 0 radical (unpaired) electrons. The number of H-pyrrole nitrogens is 1. The van der Waals surface area contributed by atoms with Gasteiger partial charge >= 0.3 is 0 Å². The van der Waals surface area contributed by atoms with Crippen LogP contribution in [0.5, 0.6) is 5.75 Å². The third-order valence-electron chi connectivity index (χ3n) is 4.33. The lowest BCUT2D eigenvalue weighted by molar-refractivity contribution is 0.240. The Bertz CT molecular complexity index is 767. The molecule has 1 aliphatic heterocycles. The van der Waals surface area contributed by atoms with E-state index in [1.165, 1.54) is 5.56 Å². The highest BCUT2D eigenvalue weighted by Crippen LogP contribution is 2.20. The van der Waals surface area contributed by atoms with Crippen LogP contribution < -0.4 is 10.3 Å². The first-order chi connectivity index (χ1) is 11.6. The summed E-state index contributed by atoms with van der Waals surface area (Å²) in [5, 5.41) is 0. The maximum Gasteiger partial charge on any atom is 0.255 e. The van der Waals surface area contributed by atoms with Gasteiger partial charge in [-0.05, 0) is 24.6 Å². The lowest BCUT2D eigenvalue weighted by Crippen LogP contribution is -2.35. The minimum absolute atomic E-state index is 0.0106. The van der Waals surface area contributed by atoms with Crippen molar-refractivity contribution in [3.8, 4) is 5.75 Å². The summed E-state index contributed by atoms with van der Waals surface area (Å²) in [6.45, 7) is 9.12. The van der Waals surface area contributed by atoms with E-state index in [1.807, 2.05) is 32.9 Å². The molecule has 1 N–H and O–H groups in total. The smallest absolute Gasteiger partial charge is 0.255 e. The summed E-state index contributed by atoms with van der Waals surface area (Å²) >= 11 is 0. The van der Waals surface area contributed by atoms with Crippen LogP contribution in [0, 0.1) is 0 Å². The number of nitrogens with zero attached hydrogens (tertiary/aromatic N) is 2. The Hall–Kier alpha value is -2.14. The van der Waals surface area contributed by atoms with Crippen LogP contribution in [0.4, 0.5) is 0 Å². The van der Waals surface area contributed by atoms with Crippen molar-refractivity contribution < 1.29 is 4.74 Å². The molecule has 0 aliphatic carbocycles. The molecule has 24 heavy (non-hydrogen) atoms. The fourth-order valence-corrected chi connectivity index (χ4v) is 3.07. The summed E-state index contributed by atoms with van der Waals surface area (Å²) in [5.41, 5.74) is 2.98. The SMILES string of the molecule is CCOc1cccc(CN2CCc3nc(C(C)C)[nH]c(=O)c3C2)c1. The number of aromatic amines is 1. The van der Waals surface area contributed by atoms with Gasteiger partial charge in [0.1, 0.15) is 11.6 Å². The molecule has 0 saturated heterocycles. The summed E-state index contributed by atoms with van der Waals surface area (Å²) in [6.07, 6.45) is 0.824. The summed E-state index contributed by atoms with van der Waals surface area (Å²) in [7, 11) is 0. The average molecular weight is 327 g/mol. The zero-order chi connectivity index (χ0) is 17.1. The van der Waals surface area contributed by atoms with E-state index in [0.717, 1.165) is 42.3 Å². The summed E-state index contributed by atoms with van der Waals surface area (Å²) in [5.74, 6) is 1.92. The standard InChI is InChI=1S/C19H25N3O2/c1-4-24-15-7-5-6-14(10-15)11-22-9-8-17-16(12-22)19(23)21-18(20-17)13(2)3/h5-7,10,13H,4,8-9,11-12H2,1-3H3,(H,20,21,23). The molecule has 0 atom stereocenters. The van der Waals surface area contributed by atoms with E-state index in [9.17, 15) is 4.79 Å². The van der Waals surface area contributed by atoms with E-state index in [1.54, 1.807) is 0 Å². The predicted molar refractivity (Wildman–Crippen MR) is 94.4 cm³/mol. The first-order valence-corrected chi connectivity index (χ1v) is 8.63. The molecular weight excluding hydrogens is 302 g/mol. The molecule has 0 saturated carbocycles. The van der Waals surface area contributed by atoms with E-state index in [-0.39, 0.29) is 11.5 Å². The first-order valence-electron chi connectivity index (χ1n) is 8.63. The molecular formula is C19H25N3O2. The van der Waals surface area contributed by atoms with Gasteiger partial charge in [0.2, 0.25) is 0 Å². The molecule has 0 unspecified atom stereocenters. The zero-order valence-electron chi connectivity index (χ0n) is 14.6. The fraction of sp³-hybridized carbons (Fsp3) is 0.474. The van der Waals surface area contributed by atoms with Gasteiger partial charge in [0.05, 0.1) is 17.9 Å². The van der Waals surface area contributed by atoms with E-state index in [2.05, 4.69) is 27.0 Å². The molecule has 1 aromatic heterocycles. The van der Waals surface area contributed by atoms with Crippen LogP contribution >= 0.6 is 0 Å². The number of aromatic nitrogens is 2. The van der Waals surface area contributed by atoms with Crippen molar-refractivity contribution in [3.05, 3.63) is 57.3 Å². The van der Waals surface area contributed by atoms with Crippen LogP contribution in [0.25, 0.3) is 0 Å². The van der Waals surface area contributed by atoms with Crippen molar-refractivity contribution in [2.75, 3.05) is 13.2 Å². The Balaban J connectivity index is 1.76. The van der Waals surface area contributed by atoms with Crippen molar-refractivity contribution in [3.63, 3.8) is 0 Å². The van der Waals surface area contributed by atoms with Crippen molar-refractivity contribution in [2.45, 2.75) is 46.2 Å². The highest BCUT2D eigenvalue weighted by atomic mass is 16.5. The third kappa shape index (κ3) is 3.67. The largest absolute Gasteiger partial charge is 0.494 e. The normalized spacial score (nSPS) is 14.7. The van der Waals surface area contributed by atoms with Gasteiger partial charge in [-0.25, -0.2) is 4.98 Å². The first kappa shape index (κ1) is 16.7. The van der Waals surface area contributed by atoms with Gasteiger partial charge in [-0.1, -0.05) is 26.0 Å². The second kappa shape index (κ2) is 7.18. The molecule has 0 amide bonds. The summed E-state index contributed by atoms with van der Waals surface area (Å²) in [4.78, 5) is 22.3. The van der Waals surface area contributed by atoms with E-state index in [4.69, 9.17) is 4.74 Å². The average Bonchev–Trinajstić information content (AvgIpc) is 2.56. The molecule has 5 nitrogen and oxygen atoms in total. The number of fused-ring (bicyclic) bond motifs is 1. The number of hydrogen-bond acceptors (Lipinski definition) is 4. The Kier molecular flexibility index (Phi) is 5.00. The van der Waals surface area contributed by atoms with Gasteiger partial charge in [-0.2, -0.15) is 0 Å². The van der Waals surface area contributed by atoms with Crippen molar-refractivity contribution in [2.24, 2.45) is 0 Å². The minimum Gasteiger partial charge on any atom is -0.494 e. The van der Waals surface area contributed by atoms with E-state index in [0.29, 0.717) is 13.2 Å². The zero-order valence-corrected chi connectivity index (χ0v) is 14.6. The topological polar surface area (TPSA) is 58.2 Å². The minimum atomic E-state index is 0.0106. The van der Waals surface area contributed by atoms with E-state index < -0.39 is 0 Å². The highest BCUT2D eigenvalue weighted by Gasteiger charge is 2.21. The third-order valence-corrected chi connectivity index (χ3v) is 4.33. The second-order valence-electron chi connectivity index (χ2n) is 6.57. The number of nitrogens with one attached hydrogen (secondary N) is 1. The highest BCUT2D eigenvalue weighted by molar-refractivity contribution is 5.29. The molecule has 3 rings (SSSR count). The van der Waals surface area contributed by atoms with Crippen LogP contribution in [0.2, 0.25) is 0 Å². The van der Waals surface area contributed by atoms with Crippen LogP contribution in [0.1, 0.15) is 49.3 Å². The van der Waals surface area contributed by atoms with Gasteiger partial charge in [0.15, 0.2) is 0 Å². The molecule has 1 aliphatic rings. The molecule has 5 heteroatoms. The number of ether oxygens (including phenoxy) is 1. The van der Waals surface area contributed by atoms with Crippen molar-refractivity contribution >= 4 is 0 Å². The molecule has 2 heterocycles. The summed E-state index contributed by atoms with van der Waals surface area (Å²) in [6, 6.07) is 8.16. The van der Waals surface area contributed by atoms with Gasteiger partial charge in [0, 0.05) is 32.0 Å². The number of benzene rings is 1. The monoisotopic (exact) mass is 327 g/mol. The Morgan fingerprint density at radius 1 is 1.38 bits per heavy atom. The van der Waals surface area contributed by atoms with E-state index >= 15 is 0 Å². The number of hydrogen-bond donors (Lipinski definition) is 1. The van der Waals surface area contributed by atoms with Crippen molar-refractivity contribution in [1.29, 1.82) is 0 Å². The molecule has 0 spiro atoms. The predicted octanol–water partition coefficient (Wildman–Crippen LogP) is 2.85. The maximum atomic E-state index is 12.4. The Labute approximate surface area is 142 Å². The molecule has 2 aromatic rings. The van der Waals surface area contributed by atoms with Crippen LogP contribution in [0.3, 0.4) is 0 Å². The second-order valence-corrected chi connectivity index (χ2v) is 6.57. The van der Waals surface area contributed by atoms with Crippen LogP contribution in [-0.2, 0) is 19.5 Å². The molecule has 0 bridgehead atoms. The lowest BCUT2D eigenvalue weighted by Gasteiger charge is -2.28. The Morgan fingerprint density at radius 3 is 2.96 bits per heavy atom. The number of rotatable bonds is 5. The van der Waals surface area contributed by atoms with Crippen LogP contribution in [-0.4, -0.2) is 28.0 Å². The summed E-state index contributed by atoms with van der Waals surface area (Å²) < 4.78 is 5.56. The van der Waals surface area contributed by atoms with Gasteiger partial charge in [0.25, 0.3) is 5.56 Å². The van der Waals surface area contributed by atoms with Gasteiger partial charge in [-0.15, -0.1) is 0 Å². The molecule has 128 valence electrons. The maximum absolute atomic E-state index is 12.4. The molecule has 1 aromatic carbocycles.